The van der Waals surface area contributed by atoms with Crippen LogP contribution in [0.25, 0.3) is 0 Å². The van der Waals surface area contributed by atoms with E-state index in [2.05, 4.69) is 27.7 Å². The highest BCUT2D eigenvalue weighted by molar-refractivity contribution is 4.96. The maximum absolute atomic E-state index is 10.1. The number of hydroxylamine groups is 2. The quantitative estimate of drug-likeness (QED) is 0.752. The normalized spacial score (nSPS) is 26.2. The predicted molar refractivity (Wildman–Crippen MR) is 64.4 cm³/mol. The first-order valence-corrected chi connectivity index (χ1v) is 5.91. The lowest BCUT2D eigenvalue weighted by Gasteiger charge is -2.51. The number of piperidine rings is 1. The van der Waals surface area contributed by atoms with Crippen LogP contribution in [0.2, 0.25) is 0 Å². The van der Waals surface area contributed by atoms with E-state index in [-0.39, 0.29) is 17.2 Å². The van der Waals surface area contributed by atoms with Crippen LogP contribution in [0.5, 0.6) is 0 Å². The van der Waals surface area contributed by atoms with Crippen LogP contribution >= 0.6 is 0 Å². The smallest absolute Gasteiger partial charge is 0.0989 e. The van der Waals surface area contributed by atoms with Gasteiger partial charge in [-0.1, -0.05) is 0 Å². The lowest BCUT2D eigenvalue weighted by molar-refractivity contribution is -0.263. The molecule has 4 nitrogen and oxygen atoms in total. The number of rotatable bonds is 3. The molecule has 1 fully saturated rings. The van der Waals surface area contributed by atoms with Crippen LogP contribution in [0.3, 0.4) is 0 Å². The van der Waals surface area contributed by atoms with E-state index in [0.29, 0.717) is 6.73 Å². The van der Waals surface area contributed by atoms with Gasteiger partial charge < -0.3 is 9.94 Å². The summed E-state index contributed by atoms with van der Waals surface area (Å²) in [7, 11) is 3.99. The van der Waals surface area contributed by atoms with E-state index in [1.807, 2.05) is 19.0 Å². The molecule has 0 unspecified atom stereocenters. The molecule has 1 heterocycles. The fourth-order valence-electron chi connectivity index (χ4n) is 2.55. The molecule has 4 heteroatoms. The third-order valence-electron chi connectivity index (χ3n) is 3.17. The third-order valence-corrected chi connectivity index (χ3v) is 3.17. The average molecular weight is 230 g/mol. The molecule has 0 spiro atoms. The molecule has 0 aliphatic carbocycles. The van der Waals surface area contributed by atoms with Gasteiger partial charge in [0.05, 0.1) is 12.8 Å². The van der Waals surface area contributed by atoms with Crippen molar-refractivity contribution in [2.45, 2.75) is 57.7 Å². The van der Waals surface area contributed by atoms with Gasteiger partial charge in [-0.05, 0) is 54.6 Å². The lowest BCUT2D eigenvalue weighted by Crippen LogP contribution is -2.60. The molecule has 96 valence electrons. The minimum Gasteiger partial charge on any atom is -0.363 e. The Labute approximate surface area is 99.1 Å². The van der Waals surface area contributed by atoms with Gasteiger partial charge in [0.25, 0.3) is 0 Å². The molecule has 0 aromatic heterocycles. The highest BCUT2D eigenvalue weighted by atomic mass is 16.5. The van der Waals surface area contributed by atoms with Crippen molar-refractivity contribution in [2.75, 3.05) is 20.8 Å². The summed E-state index contributed by atoms with van der Waals surface area (Å²) in [5.74, 6) is 0. The number of hydrogen-bond acceptors (Lipinski definition) is 4. The van der Waals surface area contributed by atoms with Crippen molar-refractivity contribution in [3.63, 3.8) is 0 Å². The molecule has 0 radical (unpaired) electrons. The molecule has 0 aromatic rings. The molecular weight excluding hydrogens is 204 g/mol. The molecule has 1 saturated heterocycles. The maximum atomic E-state index is 10.1. The molecule has 1 aliphatic rings. The Morgan fingerprint density at radius 1 is 1.19 bits per heavy atom. The van der Waals surface area contributed by atoms with Crippen LogP contribution in [-0.2, 0) is 4.74 Å². The Bertz CT molecular complexity index is 221. The van der Waals surface area contributed by atoms with Gasteiger partial charge in [0.15, 0.2) is 0 Å². The maximum Gasteiger partial charge on any atom is 0.0989 e. The van der Waals surface area contributed by atoms with Crippen molar-refractivity contribution in [3.05, 3.63) is 0 Å². The Morgan fingerprint density at radius 2 is 1.62 bits per heavy atom. The molecule has 1 N–H and O–H groups in total. The first kappa shape index (κ1) is 13.9. The van der Waals surface area contributed by atoms with Gasteiger partial charge in [-0.25, -0.2) is 0 Å². The van der Waals surface area contributed by atoms with E-state index in [9.17, 15) is 5.21 Å². The molecule has 0 amide bonds. The predicted octanol–water partition coefficient (Wildman–Crippen LogP) is 1.93. The van der Waals surface area contributed by atoms with E-state index in [0.717, 1.165) is 12.8 Å². The zero-order valence-electron chi connectivity index (χ0n) is 11.4. The summed E-state index contributed by atoms with van der Waals surface area (Å²) in [5, 5.41) is 11.6. The lowest BCUT2D eigenvalue weighted by atomic mass is 9.80. The van der Waals surface area contributed by atoms with Crippen LogP contribution in [0.1, 0.15) is 40.5 Å². The van der Waals surface area contributed by atoms with Gasteiger partial charge in [-0.2, -0.15) is 5.06 Å². The summed E-state index contributed by atoms with van der Waals surface area (Å²) in [6.45, 7) is 8.86. The van der Waals surface area contributed by atoms with Crippen LogP contribution < -0.4 is 0 Å². The van der Waals surface area contributed by atoms with Crippen molar-refractivity contribution in [1.82, 2.24) is 9.96 Å². The molecule has 1 rings (SSSR count). The van der Waals surface area contributed by atoms with Crippen molar-refractivity contribution < 1.29 is 9.94 Å². The van der Waals surface area contributed by atoms with Crippen molar-refractivity contribution in [1.29, 1.82) is 0 Å². The number of nitrogens with zero attached hydrogens (tertiary/aromatic N) is 2. The van der Waals surface area contributed by atoms with Gasteiger partial charge in [0.2, 0.25) is 0 Å². The molecule has 0 saturated carbocycles. The summed E-state index contributed by atoms with van der Waals surface area (Å²) < 4.78 is 5.85. The first-order valence-electron chi connectivity index (χ1n) is 5.91. The molecule has 0 bridgehead atoms. The second kappa shape index (κ2) is 4.61. The number of ether oxygens (including phenoxy) is 1. The Kier molecular flexibility index (Phi) is 4.00. The zero-order valence-corrected chi connectivity index (χ0v) is 11.4. The highest BCUT2D eigenvalue weighted by Gasteiger charge is 2.45. The SMILES string of the molecule is CN(C)COC1CC(C)(C)N(O)C(C)(C)C1. The molecule has 0 aromatic carbocycles. The van der Waals surface area contributed by atoms with E-state index >= 15 is 0 Å². The minimum atomic E-state index is -0.223. The van der Waals surface area contributed by atoms with Crippen LogP contribution in [0, 0.1) is 0 Å². The standard InChI is InChI=1S/C12H26N2O2/c1-11(2)7-10(16-9-13(5)6)8-12(3,4)14(11)15/h10,15H,7-9H2,1-6H3. The summed E-state index contributed by atoms with van der Waals surface area (Å²) in [6.07, 6.45) is 1.94. The van der Waals surface area contributed by atoms with E-state index in [4.69, 9.17) is 4.74 Å². The van der Waals surface area contributed by atoms with Crippen LogP contribution in [0.4, 0.5) is 0 Å². The zero-order chi connectivity index (χ0) is 12.6. The second-order valence-electron chi connectivity index (χ2n) is 6.34. The fraction of sp³-hybridized carbons (Fsp3) is 1.00. The average Bonchev–Trinajstić information content (AvgIpc) is 2.10. The van der Waals surface area contributed by atoms with E-state index < -0.39 is 0 Å². The van der Waals surface area contributed by atoms with Crippen LogP contribution in [-0.4, -0.2) is 53.2 Å². The van der Waals surface area contributed by atoms with Crippen molar-refractivity contribution in [2.24, 2.45) is 0 Å². The largest absolute Gasteiger partial charge is 0.363 e. The third kappa shape index (κ3) is 3.17. The van der Waals surface area contributed by atoms with Gasteiger partial charge in [0, 0.05) is 11.1 Å². The second-order valence-corrected chi connectivity index (χ2v) is 6.34. The molecule has 16 heavy (non-hydrogen) atoms. The van der Waals surface area contributed by atoms with E-state index in [1.54, 1.807) is 0 Å². The van der Waals surface area contributed by atoms with Crippen molar-refractivity contribution in [3.8, 4) is 0 Å². The first-order chi connectivity index (χ1) is 7.15. The van der Waals surface area contributed by atoms with Gasteiger partial charge in [-0.3, -0.25) is 4.90 Å². The van der Waals surface area contributed by atoms with Gasteiger partial charge in [0.1, 0.15) is 0 Å². The Hall–Kier alpha value is -0.160. The highest BCUT2D eigenvalue weighted by Crippen LogP contribution is 2.37. The van der Waals surface area contributed by atoms with E-state index in [1.165, 1.54) is 5.06 Å². The van der Waals surface area contributed by atoms with Crippen molar-refractivity contribution >= 4 is 0 Å². The molecular formula is C12H26N2O2. The fourth-order valence-corrected chi connectivity index (χ4v) is 2.55. The molecule has 1 aliphatic heterocycles. The van der Waals surface area contributed by atoms with Gasteiger partial charge in [-0.15, -0.1) is 0 Å². The summed E-state index contributed by atoms with van der Waals surface area (Å²) in [5.41, 5.74) is -0.447. The molecule has 0 atom stereocenters. The Balaban J connectivity index is 2.64. The topological polar surface area (TPSA) is 35.9 Å². The minimum absolute atomic E-state index is 0.218. The summed E-state index contributed by atoms with van der Waals surface area (Å²) in [4.78, 5) is 2.02. The Morgan fingerprint density at radius 3 is 2.00 bits per heavy atom. The summed E-state index contributed by atoms with van der Waals surface area (Å²) in [6, 6.07) is 0. The van der Waals surface area contributed by atoms with Gasteiger partial charge >= 0.3 is 0 Å². The summed E-state index contributed by atoms with van der Waals surface area (Å²) >= 11 is 0. The monoisotopic (exact) mass is 230 g/mol. The van der Waals surface area contributed by atoms with Crippen LogP contribution in [0.15, 0.2) is 0 Å². The number of hydrogen-bond donors (Lipinski definition) is 1.